The van der Waals surface area contributed by atoms with E-state index in [-0.39, 0.29) is 11.7 Å². The summed E-state index contributed by atoms with van der Waals surface area (Å²) in [6, 6.07) is 2.91. The molecule has 0 radical (unpaired) electrons. The van der Waals surface area contributed by atoms with Crippen LogP contribution in [0.1, 0.15) is 37.8 Å². The van der Waals surface area contributed by atoms with Crippen molar-refractivity contribution in [3.05, 3.63) is 34.9 Å². The predicted octanol–water partition coefficient (Wildman–Crippen LogP) is 4.02. The molecule has 0 aromatic heterocycles. The number of hydrogen-bond donors (Lipinski definition) is 0. The lowest BCUT2D eigenvalue weighted by atomic mass is 9.78. The van der Waals surface area contributed by atoms with Crippen LogP contribution < -0.4 is 0 Å². The summed E-state index contributed by atoms with van der Waals surface area (Å²) in [5, 5.41) is 0. The summed E-state index contributed by atoms with van der Waals surface area (Å²) in [4.78, 5) is 0. The van der Waals surface area contributed by atoms with Gasteiger partial charge in [0.15, 0.2) is 0 Å². The molecule has 0 atom stereocenters. The highest BCUT2D eigenvalue weighted by Gasteiger charge is 2.30. The van der Waals surface area contributed by atoms with Crippen LogP contribution in [0.5, 0.6) is 0 Å². The Morgan fingerprint density at radius 2 is 1.78 bits per heavy atom. The summed E-state index contributed by atoms with van der Waals surface area (Å²) in [5.41, 5.74) is 0.858. The smallest absolute Gasteiger partial charge is 0.129 e. The molecule has 0 heterocycles. The molecule has 1 aliphatic carbocycles. The summed E-state index contributed by atoms with van der Waals surface area (Å²) in [6.45, 7) is 5.51. The topological polar surface area (TPSA) is 9.23 Å². The monoisotopic (exact) mass is 254 g/mol. The Morgan fingerprint density at radius 3 is 2.28 bits per heavy atom. The molecule has 0 saturated heterocycles. The molecule has 1 aromatic carbocycles. The first-order chi connectivity index (χ1) is 8.45. The number of benzene rings is 1. The lowest BCUT2D eigenvalue weighted by Crippen LogP contribution is -2.34. The Bertz CT molecular complexity index is 399. The van der Waals surface area contributed by atoms with Gasteiger partial charge in [-0.15, -0.1) is 0 Å². The molecule has 0 spiro atoms. The molecule has 0 unspecified atom stereocenters. The third-order valence-corrected chi connectivity index (χ3v) is 3.52. The Morgan fingerprint density at radius 1 is 1.22 bits per heavy atom. The minimum Gasteiger partial charge on any atom is -0.376 e. The molecule has 3 heteroatoms. The van der Waals surface area contributed by atoms with Gasteiger partial charge in [-0.3, -0.25) is 0 Å². The van der Waals surface area contributed by atoms with Crippen LogP contribution in [0.4, 0.5) is 8.78 Å². The van der Waals surface area contributed by atoms with Crippen LogP contribution >= 0.6 is 0 Å². The zero-order valence-electron chi connectivity index (χ0n) is 11.2. The van der Waals surface area contributed by atoms with Gasteiger partial charge in [0, 0.05) is 5.56 Å². The third-order valence-electron chi connectivity index (χ3n) is 3.52. The number of halogens is 2. The fraction of sp³-hybridized carbons (Fsp3) is 0.600. The number of rotatable bonds is 4. The lowest BCUT2D eigenvalue weighted by Gasteiger charge is -2.36. The van der Waals surface area contributed by atoms with Gasteiger partial charge in [0.25, 0.3) is 0 Å². The van der Waals surface area contributed by atoms with Crippen molar-refractivity contribution in [1.82, 2.24) is 0 Å². The van der Waals surface area contributed by atoms with Gasteiger partial charge in [0.05, 0.1) is 12.2 Å². The van der Waals surface area contributed by atoms with Crippen LogP contribution in [0.3, 0.4) is 0 Å². The second kappa shape index (κ2) is 5.35. The van der Waals surface area contributed by atoms with Crippen molar-refractivity contribution in [1.29, 1.82) is 0 Å². The van der Waals surface area contributed by atoms with E-state index in [4.69, 9.17) is 4.74 Å². The van der Waals surface area contributed by atoms with Crippen LogP contribution in [-0.4, -0.2) is 12.2 Å². The van der Waals surface area contributed by atoms with Gasteiger partial charge in [-0.2, -0.15) is 0 Å². The van der Waals surface area contributed by atoms with Crippen molar-refractivity contribution in [2.75, 3.05) is 0 Å². The SMILES string of the molecule is Cc1c(F)cc(CC2CC(OC(C)C)C2)cc1F. The van der Waals surface area contributed by atoms with E-state index in [9.17, 15) is 8.78 Å². The molecule has 0 N–H and O–H groups in total. The van der Waals surface area contributed by atoms with E-state index in [0.29, 0.717) is 12.0 Å². The molecule has 0 bridgehead atoms. The molecule has 18 heavy (non-hydrogen) atoms. The first-order valence-corrected chi connectivity index (χ1v) is 6.55. The van der Waals surface area contributed by atoms with Gasteiger partial charge in [-0.05, 0) is 63.6 Å². The first-order valence-electron chi connectivity index (χ1n) is 6.55. The average Bonchev–Trinajstić information content (AvgIpc) is 2.22. The highest BCUT2D eigenvalue weighted by Crippen LogP contribution is 2.34. The van der Waals surface area contributed by atoms with E-state index in [1.54, 1.807) is 0 Å². The molecule has 0 aliphatic heterocycles. The van der Waals surface area contributed by atoms with Crippen LogP contribution in [0.25, 0.3) is 0 Å². The summed E-state index contributed by atoms with van der Waals surface area (Å²) >= 11 is 0. The lowest BCUT2D eigenvalue weighted by molar-refractivity contribution is -0.0615. The fourth-order valence-electron chi connectivity index (χ4n) is 2.49. The van der Waals surface area contributed by atoms with E-state index in [1.807, 2.05) is 13.8 Å². The molecule has 1 aromatic rings. The maximum atomic E-state index is 13.4. The average molecular weight is 254 g/mol. The second-order valence-corrected chi connectivity index (χ2v) is 5.53. The Labute approximate surface area is 107 Å². The van der Waals surface area contributed by atoms with Crippen molar-refractivity contribution in [3.63, 3.8) is 0 Å². The summed E-state index contributed by atoms with van der Waals surface area (Å²) in [5.74, 6) is -0.395. The molecule has 1 fully saturated rings. The predicted molar refractivity (Wildman–Crippen MR) is 67.5 cm³/mol. The Hall–Kier alpha value is -0.960. The van der Waals surface area contributed by atoms with E-state index in [1.165, 1.54) is 19.1 Å². The minimum absolute atomic E-state index is 0.105. The molecular formula is C15H20F2O. The highest BCUT2D eigenvalue weighted by atomic mass is 19.1. The maximum Gasteiger partial charge on any atom is 0.129 e. The van der Waals surface area contributed by atoms with E-state index >= 15 is 0 Å². The van der Waals surface area contributed by atoms with Crippen LogP contribution in [-0.2, 0) is 11.2 Å². The second-order valence-electron chi connectivity index (χ2n) is 5.53. The molecule has 0 amide bonds. The van der Waals surface area contributed by atoms with Gasteiger partial charge in [-0.1, -0.05) is 0 Å². The van der Waals surface area contributed by atoms with Crippen molar-refractivity contribution in [2.24, 2.45) is 5.92 Å². The molecular weight excluding hydrogens is 234 g/mol. The molecule has 1 nitrogen and oxygen atoms in total. The van der Waals surface area contributed by atoms with Crippen molar-refractivity contribution >= 4 is 0 Å². The summed E-state index contributed by atoms with van der Waals surface area (Å²) < 4.78 is 32.5. The molecule has 100 valence electrons. The van der Waals surface area contributed by atoms with Crippen LogP contribution in [0.2, 0.25) is 0 Å². The Kier molecular flexibility index (Phi) is 4.00. The van der Waals surface area contributed by atoms with Gasteiger partial charge >= 0.3 is 0 Å². The molecule has 1 aliphatic rings. The maximum absolute atomic E-state index is 13.4. The Balaban J connectivity index is 1.89. The standard InChI is InChI=1S/C15H20F2O/c1-9(2)18-13-5-11(6-13)4-12-7-14(16)10(3)15(17)8-12/h7-9,11,13H,4-6H2,1-3H3. The molecule has 1 saturated carbocycles. The van der Waals surface area contributed by atoms with E-state index < -0.39 is 11.6 Å². The van der Waals surface area contributed by atoms with Crippen LogP contribution in [0.15, 0.2) is 12.1 Å². The number of hydrogen-bond acceptors (Lipinski definition) is 1. The normalized spacial score (nSPS) is 23.2. The quantitative estimate of drug-likeness (QED) is 0.788. The minimum atomic E-state index is -0.445. The third kappa shape index (κ3) is 3.08. The number of ether oxygens (including phenoxy) is 1. The zero-order valence-corrected chi connectivity index (χ0v) is 11.2. The van der Waals surface area contributed by atoms with Gasteiger partial charge in [-0.25, -0.2) is 8.78 Å². The first kappa shape index (κ1) is 13.5. The van der Waals surface area contributed by atoms with Crippen molar-refractivity contribution in [2.45, 2.75) is 52.2 Å². The van der Waals surface area contributed by atoms with E-state index in [0.717, 1.165) is 24.8 Å². The summed E-state index contributed by atoms with van der Waals surface area (Å²) in [7, 11) is 0. The van der Waals surface area contributed by atoms with E-state index in [2.05, 4.69) is 0 Å². The van der Waals surface area contributed by atoms with Crippen molar-refractivity contribution < 1.29 is 13.5 Å². The van der Waals surface area contributed by atoms with Gasteiger partial charge < -0.3 is 4.74 Å². The zero-order chi connectivity index (χ0) is 13.3. The van der Waals surface area contributed by atoms with Gasteiger partial charge in [0.2, 0.25) is 0 Å². The summed E-state index contributed by atoms with van der Waals surface area (Å²) in [6.07, 6.45) is 3.32. The fourth-order valence-corrected chi connectivity index (χ4v) is 2.49. The largest absolute Gasteiger partial charge is 0.376 e. The molecule has 2 rings (SSSR count). The van der Waals surface area contributed by atoms with Crippen molar-refractivity contribution in [3.8, 4) is 0 Å². The van der Waals surface area contributed by atoms with Crippen LogP contribution in [0, 0.1) is 24.5 Å². The van der Waals surface area contributed by atoms with Gasteiger partial charge in [0.1, 0.15) is 11.6 Å². The highest BCUT2D eigenvalue weighted by molar-refractivity contribution is 5.25.